The third kappa shape index (κ3) is 3.99. The Morgan fingerprint density at radius 2 is 1.77 bits per heavy atom. The second kappa shape index (κ2) is 8.44. The molecule has 0 N–H and O–H groups in total. The summed E-state index contributed by atoms with van der Waals surface area (Å²) in [5.74, 6) is -0.101. The van der Waals surface area contributed by atoms with E-state index in [1.165, 1.54) is 4.90 Å². The number of rotatable bonds is 4. The Bertz CT molecular complexity index is 1030. The molecule has 0 aromatic heterocycles. The van der Waals surface area contributed by atoms with Gasteiger partial charge in [-0.3, -0.25) is 14.5 Å². The van der Waals surface area contributed by atoms with Crippen LogP contribution in [0.3, 0.4) is 0 Å². The Kier molecular flexibility index (Phi) is 5.90. The summed E-state index contributed by atoms with van der Waals surface area (Å²) in [7, 11) is 0. The van der Waals surface area contributed by atoms with Gasteiger partial charge < -0.3 is 4.90 Å². The van der Waals surface area contributed by atoms with Crippen molar-refractivity contribution in [3.8, 4) is 0 Å². The van der Waals surface area contributed by atoms with E-state index >= 15 is 0 Å². The highest BCUT2D eigenvalue weighted by molar-refractivity contribution is 6.41. The molecule has 2 aromatic rings. The van der Waals surface area contributed by atoms with Crippen LogP contribution in [0.25, 0.3) is 5.57 Å². The standard InChI is InChI=1S/C24H24Cl2N2O2/c1-15-5-7-17(8-6-15)14-28-23(29)21(19-10-9-18(25)12-20(19)26)22(24(28)30)27-11-3-4-16(2)13-27/h5-10,12,16H,3-4,11,13-14H2,1-2H3. The molecule has 2 aliphatic heterocycles. The highest BCUT2D eigenvalue weighted by atomic mass is 35.5. The first-order valence-electron chi connectivity index (χ1n) is 10.2. The number of likely N-dealkylation sites (tertiary alicyclic amines) is 1. The van der Waals surface area contributed by atoms with Gasteiger partial charge in [-0.25, -0.2) is 0 Å². The molecule has 0 aliphatic carbocycles. The number of benzene rings is 2. The summed E-state index contributed by atoms with van der Waals surface area (Å²) in [6.45, 7) is 5.92. The molecule has 0 saturated carbocycles. The van der Waals surface area contributed by atoms with Crippen LogP contribution >= 0.6 is 23.2 Å². The largest absolute Gasteiger partial charge is 0.366 e. The Balaban J connectivity index is 1.76. The van der Waals surface area contributed by atoms with Gasteiger partial charge in [0.05, 0.1) is 17.1 Å². The molecule has 2 heterocycles. The molecule has 2 amide bonds. The topological polar surface area (TPSA) is 40.6 Å². The normalized spacial score (nSPS) is 19.8. The quantitative estimate of drug-likeness (QED) is 0.601. The summed E-state index contributed by atoms with van der Waals surface area (Å²) < 4.78 is 0. The van der Waals surface area contributed by atoms with Crippen LogP contribution in [0, 0.1) is 12.8 Å². The predicted molar refractivity (Wildman–Crippen MR) is 120 cm³/mol. The maximum Gasteiger partial charge on any atom is 0.278 e. The Morgan fingerprint density at radius 3 is 2.43 bits per heavy atom. The van der Waals surface area contributed by atoms with Crippen molar-refractivity contribution in [3.63, 3.8) is 0 Å². The van der Waals surface area contributed by atoms with Gasteiger partial charge in [-0.05, 0) is 43.4 Å². The number of imide groups is 1. The van der Waals surface area contributed by atoms with Crippen LogP contribution in [0.5, 0.6) is 0 Å². The number of piperidine rings is 1. The van der Waals surface area contributed by atoms with Crippen molar-refractivity contribution in [2.45, 2.75) is 33.2 Å². The highest BCUT2D eigenvalue weighted by Gasteiger charge is 2.42. The lowest BCUT2D eigenvalue weighted by Crippen LogP contribution is -2.39. The van der Waals surface area contributed by atoms with Gasteiger partial charge in [-0.15, -0.1) is 0 Å². The summed E-state index contributed by atoms with van der Waals surface area (Å²) in [5, 5.41) is 0.865. The van der Waals surface area contributed by atoms with Crippen molar-refractivity contribution in [1.29, 1.82) is 0 Å². The second-order valence-corrected chi connectivity index (χ2v) is 9.07. The molecule has 0 bridgehead atoms. The van der Waals surface area contributed by atoms with E-state index < -0.39 is 0 Å². The summed E-state index contributed by atoms with van der Waals surface area (Å²) in [5.41, 5.74) is 3.44. The Hall–Kier alpha value is -2.30. The van der Waals surface area contributed by atoms with Crippen molar-refractivity contribution in [2.24, 2.45) is 5.92 Å². The third-order valence-electron chi connectivity index (χ3n) is 5.78. The van der Waals surface area contributed by atoms with Gasteiger partial charge in [0.1, 0.15) is 5.70 Å². The minimum absolute atomic E-state index is 0.236. The van der Waals surface area contributed by atoms with Crippen LogP contribution in [0.4, 0.5) is 0 Å². The molecule has 0 radical (unpaired) electrons. The van der Waals surface area contributed by atoms with E-state index in [4.69, 9.17) is 23.2 Å². The Morgan fingerprint density at radius 1 is 1.03 bits per heavy atom. The first kappa shape index (κ1) is 21.0. The molecular formula is C24H24Cl2N2O2. The lowest BCUT2D eigenvalue weighted by Gasteiger charge is -2.33. The fourth-order valence-corrected chi connectivity index (χ4v) is 4.71. The molecular weight excluding hydrogens is 419 g/mol. The zero-order chi connectivity index (χ0) is 21.4. The number of nitrogens with zero attached hydrogens (tertiary/aromatic N) is 2. The number of amides is 2. The number of hydrogen-bond donors (Lipinski definition) is 0. The molecule has 1 unspecified atom stereocenters. The van der Waals surface area contributed by atoms with Gasteiger partial charge in [-0.1, -0.05) is 66.0 Å². The molecule has 1 atom stereocenters. The van der Waals surface area contributed by atoms with Crippen molar-refractivity contribution < 1.29 is 9.59 Å². The molecule has 2 aliphatic rings. The summed E-state index contributed by atoms with van der Waals surface area (Å²) in [6, 6.07) is 12.9. The number of aryl methyl sites for hydroxylation is 1. The zero-order valence-corrected chi connectivity index (χ0v) is 18.6. The zero-order valence-electron chi connectivity index (χ0n) is 17.1. The summed E-state index contributed by atoms with van der Waals surface area (Å²) in [4.78, 5) is 30.4. The fourth-order valence-electron chi connectivity index (χ4n) is 4.20. The van der Waals surface area contributed by atoms with Crippen LogP contribution in [0.2, 0.25) is 10.0 Å². The number of hydrogen-bond acceptors (Lipinski definition) is 3. The van der Waals surface area contributed by atoms with Crippen molar-refractivity contribution in [3.05, 3.63) is 74.9 Å². The Labute approximate surface area is 187 Å². The van der Waals surface area contributed by atoms with Gasteiger partial charge in [0.2, 0.25) is 0 Å². The molecule has 1 saturated heterocycles. The smallest absolute Gasteiger partial charge is 0.278 e. The minimum Gasteiger partial charge on any atom is -0.366 e. The monoisotopic (exact) mass is 442 g/mol. The SMILES string of the molecule is Cc1ccc(CN2C(=O)C(c3ccc(Cl)cc3Cl)=C(N3CCCC(C)C3)C2=O)cc1. The van der Waals surface area contributed by atoms with E-state index in [1.54, 1.807) is 18.2 Å². The average molecular weight is 443 g/mol. The molecule has 4 nitrogen and oxygen atoms in total. The maximum atomic E-state index is 13.5. The van der Waals surface area contributed by atoms with E-state index in [-0.39, 0.29) is 18.4 Å². The van der Waals surface area contributed by atoms with E-state index in [1.807, 2.05) is 31.2 Å². The molecule has 1 fully saturated rings. The lowest BCUT2D eigenvalue weighted by atomic mass is 9.97. The van der Waals surface area contributed by atoms with Gasteiger partial charge in [-0.2, -0.15) is 0 Å². The molecule has 4 rings (SSSR count). The van der Waals surface area contributed by atoms with Crippen molar-refractivity contribution in [1.82, 2.24) is 9.80 Å². The highest BCUT2D eigenvalue weighted by Crippen LogP contribution is 2.38. The van der Waals surface area contributed by atoms with E-state index in [0.29, 0.717) is 32.8 Å². The number of halogens is 2. The molecule has 156 valence electrons. The van der Waals surface area contributed by atoms with Gasteiger partial charge in [0.25, 0.3) is 11.8 Å². The van der Waals surface area contributed by atoms with Crippen molar-refractivity contribution >= 4 is 40.6 Å². The van der Waals surface area contributed by atoms with Gasteiger partial charge in [0.15, 0.2) is 0 Å². The van der Waals surface area contributed by atoms with E-state index in [2.05, 4.69) is 11.8 Å². The van der Waals surface area contributed by atoms with E-state index in [0.717, 1.165) is 37.1 Å². The third-order valence-corrected chi connectivity index (χ3v) is 6.33. The van der Waals surface area contributed by atoms with Crippen LogP contribution in [-0.4, -0.2) is 34.7 Å². The molecule has 0 spiro atoms. The van der Waals surface area contributed by atoms with Crippen molar-refractivity contribution in [2.75, 3.05) is 13.1 Å². The van der Waals surface area contributed by atoms with E-state index in [9.17, 15) is 9.59 Å². The molecule has 30 heavy (non-hydrogen) atoms. The first-order chi connectivity index (χ1) is 14.3. The van der Waals surface area contributed by atoms with Crippen LogP contribution < -0.4 is 0 Å². The van der Waals surface area contributed by atoms with Crippen LogP contribution in [-0.2, 0) is 16.1 Å². The molecule has 2 aromatic carbocycles. The minimum atomic E-state index is -0.307. The van der Waals surface area contributed by atoms with Crippen LogP contribution in [0.1, 0.15) is 36.5 Å². The second-order valence-electron chi connectivity index (χ2n) is 8.22. The summed E-state index contributed by atoms with van der Waals surface area (Å²) >= 11 is 12.5. The summed E-state index contributed by atoms with van der Waals surface area (Å²) in [6.07, 6.45) is 2.11. The lowest BCUT2D eigenvalue weighted by molar-refractivity contribution is -0.138. The fraction of sp³-hybridized carbons (Fsp3) is 0.333. The van der Waals surface area contributed by atoms with Gasteiger partial charge in [0, 0.05) is 23.7 Å². The predicted octanol–water partition coefficient (Wildman–Crippen LogP) is 5.31. The van der Waals surface area contributed by atoms with Gasteiger partial charge >= 0.3 is 0 Å². The first-order valence-corrected chi connectivity index (χ1v) is 11.0. The molecule has 6 heteroatoms. The average Bonchev–Trinajstić information content (AvgIpc) is 2.94. The maximum absolute atomic E-state index is 13.5. The number of carbonyl (C=O) groups excluding carboxylic acids is 2. The number of carbonyl (C=O) groups is 2. The van der Waals surface area contributed by atoms with Crippen LogP contribution in [0.15, 0.2) is 48.2 Å².